The molecule has 1 aliphatic rings. The van der Waals surface area contributed by atoms with Crippen LogP contribution >= 0.6 is 11.6 Å². The SMILES string of the molecule is C=CC(=O)N1C[C@H](C)N(c2nc(=O)n(-c3c(C)cc(C)nc3C(C)C)c3nc(-c4ccccc4F)c(Cl)cc23)C[C@@H]1C. The summed E-state index contributed by atoms with van der Waals surface area (Å²) in [7, 11) is 0. The molecule has 0 aliphatic carbocycles. The molecule has 0 radical (unpaired) electrons. The van der Waals surface area contributed by atoms with Crippen LogP contribution < -0.4 is 10.6 Å². The van der Waals surface area contributed by atoms with Crippen molar-refractivity contribution in [3.05, 3.63) is 87.3 Å². The minimum Gasteiger partial charge on any atom is -0.349 e. The summed E-state index contributed by atoms with van der Waals surface area (Å²) in [4.78, 5) is 44.6. The highest BCUT2D eigenvalue weighted by Crippen LogP contribution is 2.36. The number of carbonyl (C=O) groups is 1. The first-order valence-corrected chi connectivity index (χ1v) is 14.4. The van der Waals surface area contributed by atoms with Gasteiger partial charge in [0.15, 0.2) is 5.65 Å². The van der Waals surface area contributed by atoms with E-state index >= 15 is 0 Å². The van der Waals surface area contributed by atoms with E-state index in [1.165, 1.54) is 16.7 Å². The Morgan fingerprint density at radius 2 is 1.81 bits per heavy atom. The number of aryl methyl sites for hydroxylation is 2. The molecule has 1 amide bonds. The summed E-state index contributed by atoms with van der Waals surface area (Å²) in [6.45, 7) is 16.3. The molecule has 0 N–H and O–H groups in total. The van der Waals surface area contributed by atoms with E-state index in [-0.39, 0.29) is 40.2 Å². The molecular weight excluding hydrogens is 555 g/mol. The summed E-state index contributed by atoms with van der Waals surface area (Å²) >= 11 is 6.80. The number of pyridine rings is 2. The van der Waals surface area contributed by atoms with E-state index in [0.717, 1.165) is 17.0 Å². The monoisotopic (exact) mass is 588 g/mol. The highest BCUT2D eigenvalue weighted by atomic mass is 35.5. The average molecular weight is 589 g/mol. The van der Waals surface area contributed by atoms with Gasteiger partial charge < -0.3 is 9.80 Å². The van der Waals surface area contributed by atoms with Crippen LogP contribution in [0.3, 0.4) is 0 Å². The Balaban J connectivity index is 1.84. The summed E-state index contributed by atoms with van der Waals surface area (Å²) in [5.74, 6) is -0.217. The molecule has 0 unspecified atom stereocenters. The third-order valence-corrected chi connectivity index (χ3v) is 8.04. The number of hydrogen-bond donors (Lipinski definition) is 0. The van der Waals surface area contributed by atoms with E-state index in [1.807, 2.05) is 52.5 Å². The Bertz CT molecular complexity index is 1790. The molecule has 2 atom stereocenters. The third-order valence-electron chi connectivity index (χ3n) is 7.75. The predicted octanol–water partition coefficient (Wildman–Crippen LogP) is 5.99. The molecule has 4 aromatic rings. The minimum atomic E-state index is -0.535. The lowest BCUT2D eigenvalue weighted by atomic mass is 10.0. The maximum absolute atomic E-state index is 15.0. The first-order valence-electron chi connectivity index (χ1n) is 14.0. The number of carbonyl (C=O) groups excluding carboxylic acids is 1. The van der Waals surface area contributed by atoms with Gasteiger partial charge in [0, 0.05) is 36.4 Å². The summed E-state index contributed by atoms with van der Waals surface area (Å²) in [6, 6.07) is 9.55. The van der Waals surface area contributed by atoms with Gasteiger partial charge in [-0.05, 0) is 69.5 Å². The molecule has 1 saturated heterocycles. The van der Waals surface area contributed by atoms with Gasteiger partial charge in [0.05, 0.1) is 27.5 Å². The van der Waals surface area contributed by atoms with Crippen molar-refractivity contribution >= 4 is 34.4 Å². The van der Waals surface area contributed by atoms with E-state index in [0.29, 0.717) is 35.6 Å². The first kappa shape index (κ1) is 29.4. The molecule has 42 heavy (non-hydrogen) atoms. The number of rotatable bonds is 5. The van der Waals surface area contributed by atoms with Gasteiger partial charge >= 0.3 is 5.69 Å². The molecular formula is C32H34ClFN6O2. The Hall–Kier alpha value is -4.11. The normalized spacial score (nSPS) is 17.3. The lowest BCUT2D eigenvalue weighted by Gasteiger charge is -2.44. The van der Waals surface area contributed by atoms with Crippen LogP contribution in [0.2, 0.25) is 5.02 Å². The molecule has 0 spiro atoms. The van der Waals surface area contributed by atoms with Gasteiger partial charge in [-0.15, -0.1) is 0 Å². The fourth-order valence-corrected chi connectivity index (χ4v) is 6.02. The highest BCUT2D eigenvalue weighted by Gasteiger charge is 2.34. The molecule has 1 aliphatic heterocycles. The van der Waals surface area contributed by atoms with Crippen molar-refractivity contribution in [3.8, 4) is 16.9 Å². The van der Waals surface area contributed by atoms with Crippen LogP contribution in [0, 0.1) is 19.7 Å². The number of hydrogen-bond acceptors (Lipinski definition) is 6. The average Bonchev–Trinajstić information content (AvgIpc) is 2.94. The molecule has 218 valence electrons. The quantitative estimate of drug-likeness (QED) is 0.266. The van der Waals surface area contributed by atoms with Crippen LogP contribution in [0.4, 0.5) is 10.2 Å². The van der Waals surface area contributed by atoms with E-state index in [2.05, 4.69) is 11.6 Å². The molecule has 0 saturated carbocycles. The fraction of sp³-hybridized carbons (Fsp3) is 0.344. The van der Waals surface area contributed by atoms with Crippen molar-refractivity contribution in [2.24, 2.45) is 0 Å². The molecule has 10 heteroatoms. The summed E-state index contributed by atoms with van der Waals surface area (Å²) < 4.78 is 16.5. The first-order chi connectivity index (χ1) is 19.9. The van der Waals surface area contributed by atoms with Crippen molar-refractivity contribution in [1.82, 2.24) is 24.4 Å². The van der Waals surface area contributed by atoms with Crippen molar-refractivity contribution in [1.29, 1.82) is 0 Å². The Kier molecular flexibility index (Phi) is 7.90. The van der Waals surface area contributed by atoms with Crippen molar-refractivity contribution in [2.75, 3.05) is 18.0 Å². The molecule has 0 bridgehead atoms. The van der Waals surface area contributed by atoms with Crippen LogP contribution in [0.1, 0.15) is 50.6 Å². The lowest BCUT2D eigenvalue weighted by Crippen LogP contribution is -2.58. The second-order valence-electron chi connectivity index (χ2n) is 11.2. The molecule has 4 heterocycles. The van der Waals surface area contributed by atoms with Gasteiger partial charge in [0.2, 0.25) is 5.91 Å². The summed E-state index contributed by atoms with van der Waals surface area (Å²) in [5, 5.41) is 0.766. The Morgan fingerprint density at radius 1 is 1.10 bits per heavy atom. The zero-order valence-electron chi connectivity index (χ0n) is 24.7. The molecule has 5 rings (SSSR count). The summed E-state index contributed by atoms with van der Waals surface area (Å²) in [6.07, 6.45) is 1.31. The van der Waals surface area contributed by atoms with Crippen LogP contribution in [0.25, 0.3) is 28.0 Å². The molecule has 1 fully saturated rings. The van der Waals surface area contributed by atoms with Crippen LogP contribution in [-0.2, 0) is 4.79 Å². The Labute approximate surface area is 249 Å². The standard InChI is InChI=1S/C32H34ClFN6O2/c1-8-26(41)38-15-21(7)39(16-20(38)6)30-23-14-24(33)28(22-11-9-10-12-25(22)34)36-31(23)40(32(42)37-30)29-18(4)13-19(5)35-27(29)17(2)3/h8-14,17,20-21H,1,15-16H2,2-7H3/t20-,21-/m0/s1. The summed E-state index contributed by atoms with van der Waals surface area (Å²) in [5.41, 5.74) is 3.21. The van der Waals surface area contributed by atoms with E-state index in [4.69, 9.17) is 21.6 Å². The van der Waals surface area contributed by atoms with Crippen LogP contribution in [-0.4, -0.2) is 55.5 Å². The predicted molar refractivity (Wildman–Crippen MR) is 165 cm³/mol. The van der Waals surface area contributed by atoms with Crippen LogP contribution in [0.15, 0.2) is 53.8 Å². The number of anilines is 1. The van der Waals surface area contributed by atoms with E-state index in [1.54, 1.807) is 29.2 Å². The topological polar surface area (TPSA) is 84.2 Å². The zero-order chi connectivity index (χ0) is 30.5. The van der Waals surface area contributed by atoms with E-state index in [9.17, 15) is 14.0 Å². The second kappa shape index (κ2) is 11.3. The van der Waals surface area contributed by atoms with Gasteiger partial charge in [-0.1, -0.05) is 44.2 Å². The van der Waals surface area contributed by atoms with Crippen molar-refractivity contribution in [2.45, 2.75) is 59.5 Å². The highest BCUT2D eigenvalue weighted by molar-refractivity contribution is 6.33. The number of piperazine rings is 1. The number of halogens is 2. The van der Waals surface area contributed by atoms with E-state index < -0.39 is 11.5 Å². The lowest BCUT2D eigenvalue weighted by molar-refractivity contribution is -0.128. The number of aromatic nitrogens is 4. The van der Waals surface area contributed by atoms with Gasteiger partial charge in [-0.2, -0.15) is 4.98 Å². The molecule has 3 aromatic heterocycles. The second-order valence-corrected chi connectivity index (χ2v) is 11.6. The zero-order valence-corrected chi connectivity index (χ0v) is 25.4. The van der Waals surface area contributed by atoms with Crippen LogP contribution in [0.5, 0.6) is 0 Å². The number of amides is 1. The number of fused-ring (bicyclic) bond motifs is 1. The maximum atomic E-state index is 15.0. The smallest absolute Gasteiger partial charge is 0.349 e. The largest absolute Gasteiger partial charge is 0.355 e. The molecule has 1 aromatic carbocycles. The van der Waals surface area contributed by atoms with Crippen molar-refractivity contribution < 1.29 is 9.18 Å². The van der Waals surface area contributed by atoms with Gasteiger partial charge in [-0.25, -0.2) is 18.7 Å². The Morgan fingerprint density at radius 3 is 2.48 bits per heavy atom. The maximum Gasteiger partial charge on any atom is 0.355 e. The molecule has 8 nitrogen and oxygen atoms in total. The third kappa shape index (κ3) is 5.06. The van der Waals surface area contributed by atoms with Gasteiger partial charge in [-0.3, -0.25) is 9.78 Å². The van der Waals surface area contributed by atoms with Gasteiger partial charge in [0.1, 0.15) is 11.6 Å². The number of nitrogens with zero attached hydrogens (tertiary/aromatic N) is 6. The number of benzene rings is 1. The fourth-order valence-electron chi connectivity index (χ4n) is 5.77. The minimum absolute atomic E-state index is 0.00471. The van der Waals surface area contributed by atoms with Crippen molar-refractivity contribution in [3.63, 3.8) is 0 Å². The van der Waals surface area contributed by atoms with Gasteiger partial charge in [0.25, 0.3) is 0 Å².